The predicted molar refractivity (Wildman–Crippen MR) is 76.1 cm³/mol. The normalized spacial score (nSPS) is 10.4. The lowest BCUT2D eigenvalue weighted by Gasteiger charge is -2.13. The van der Waals surface area contributed by atoms with E-state index in [0.29, 0.717) is 0 Å². The van der Waals surface area contributed by atoms with Gasteiger partial charge in [0.05, 0.1) is 7.11 Å². The van der Waals surface area contributed by atoms with E-state index in [0.717, 1.165) is 17.9 Å². The Morgan fingerprint density at radius 2 is 1.89 bits per heavy atom. The Bertz CT molecular complexity index is 561. The number of anilines is 1. The second kappa shape index (κ2) is 5.13. The molecule has 2 nitrogen and oxygen atoms in total. The van der Waals surface area contributed by atoms with E-state index in [-0.39, 0.29) is 0 Å². The molecule has 0 heterocycles. The molecule has 0 aromatic heterocycles. The fourth-order valence-electron chi connectivity index (χ4n) is 2.27. The highest BCUT2D eigenvalue weighted by molar-refractivity contribution is 5.48. The van der Waals surface area contributed by atoms with Gasteiger partial charge in [-0.05, 0) is 48.7 Å². The number of hydrogen-bond donors (Lipinski definition) is 1. The minimum atomic E-state index is 0.802. The number of benzene rings is 2. The number of nitrogen functional groups attached to an aromatic ring is 1. The average molecular weight is 241 g/mol. The summed E-state index contributed by atoms with van der Waals surface area (Å²) in [6.45, 7) is 4.21. The third-order valence-electron chi connectivity index (χ3n) is 3.13. The van der Waals surface area contributed by atoms with E-state index in [2.05, 4.69) is 32.0 Å². The molecule has 0 fully saturated rings. The highest BCUT2D eigenvalue weighted by Gasteiger charge is 2.08. The van der Waals surface area contributed by atoms with E-state index in [1.807, 2.05) is 18.2 Å². The van der Waals surface area contributed by atoms with Gasteiger partial charge in [-0.25, -0.2) is 0 Å². The third-order valence-corrected chi connectivity index (χ3v) is 3.13. The highest BCUT2D eigenvalue weighted by Crippen LogP contribution is 2.27. The smallest absolute Gasteiger partial charge is 0.122 e. The van der Waals surface area contributed by atoms with Crippen molar-refractivity contribution < 1.29 is 4.74 Å². The molecule has 2 N–H and O–H groups in total. The lowest BCUT2D eigenvalue weighted by molar-refractivity contribution is 0.410. The van der Waals surface area contributed by atoms with Crippen molar-refractivity contribution >= 4 is 5.69 Å². The van der Waals surface area contributed by atoms with Crippen LogP contribution in [0.25, 0.3) is 0 Å². The summed E-state index contributed by atoms with van der Waals surface area (Å²) >= 11 is 0. The van der Waals surface area contributed by atoms with Crippen molar-refractivity contribution in [2.75, 3.05) is 12.8 Å². The van der Waals surface area contributed by atoms with Crippen molar-refractivity contribution in [3.8, 4) is 5.75 Å². The van der Waals surface area contributed by atoms with Crippen LogP contribution in [-0.2, 0) is 6.42 Å². The van der Waals surface area contributed by atoms with Gasteiger partial charge in [0.25, 0.3) is 0 Å². The van der Waals surface area contributed by atoms with Crippen LogP contribution in [0.3, 0.4) is 0 Å². The summed E-state index contributed by atoms with van der Waals surface area (Å²) in [7, 11) is 1.72. The van der Waals surface area contributed by atoms with Crippen LogP contribution in [-0.4, -0.2) is 7.11 Å². The first-order chi connectivity index (χ1) is 8.60. The molecule has 0 atom stereocenters. The minimum Gasteiger partial charge on any atom is -0.496 e. The zero-order chi connectivity index (χ0) is 13.1. The van der Waals surface area contributed by atoms with Crippen LogP contribution >= 0.6 is 0 Å². The van der Waals surface area contributed by atoms with E-state index < -0.39 is 0 Å². The molecule has 0 saturated heterocycles. The maximum absolute atomic E-state index is 5.81. The molecule has 94 valence electrons. The van der Waals surface area contributed by atoms with Gasteiger partial charge in [0, 0.05) is 17.7 Å². The molecule has 0 saturated carbocycles. The summed E-state index contributed by atoms with van der Waals surface area (Å²) in [5.74, 6) is 0.954. The molecule has 0 aliphatic heterocycles. The maximum Gasteiger partial charge on any atom is 0.122 e. The summed E-state index contributed by atoms with van der Waals surface area (Å²) in [4.78, 5) is 0. The molecule has 2 aromatic rings. The second-order valence-corrected chi connectivity index (χ2v) is 4.68. The Morgan fingerprint density at radius 3 is 2.56 bits per heavy atom. The molecule has 18 heavy (non-hydrogen) atoms. The summed E-state index contributed by atoms with van der Waals surface area (Å²) in [6, 6.07) is 12.3. The zero-order valence-corrected chi connectivity index (χ0v) is 11.2. The van der Waals surface area contributed by atoms with Crippen molar-refractivity contribution in [3.05, 3.63) is 58.7 Å². The molecule has 0 unspecified atom stereocenters. The van der Waals surface area contributed by atoms with Gasteiger partial charge in [-0.2, -0.15) is 0 Å². The molecular formula is C16H19NO. The van der Waals surface area contributed by atoms with Gasteiger partial charge in [0.1, 0.15) is 5.75 Å². The standard InChI is InChI=1S/C16H19NO/c1-11-7-12(2)15(16(8-11)18-3)10-13-5-4-6-14(17)9-13/h4-9H,10,17H2,1-3H3. The summed E-state index contributed by atoms with van der Waals surface area (Å²) < 4.78 is 5.48. The molecule has 0 radical (unpaired) electrons. The fraction of sp³-hybridized carbons (Fsp3) is 0.250. The average Bonchev–Trinajstić information content (AvgIpc) is 2.32. The topological polar surface area (TPSA) is 35.2 Å². The Morgan fingerprint density at radius 1 is 1.11 bits per heavy atom. The number of ether oxygens (including phenoxy) is 1. The van der Waals surface area contributed by atoms with Crippen LogP contribution in [0.4, 0.5) is 5.69 Å². The van der Waals surface area contributed by atoms with Gasteiger partial charge >= 0.3 is 0 Å². The molecule has 0 aliphatic rings. The quantitative estimate of drug-likeness (QED) is 0.835. The summed E-state index contributed by atoms with van der Waals surface area (Å²) in [6.07, 6.45) is 0.848. The maximum atomic E-state index is 5.81. The largest absolute Gasteiger partial charge is 0.496 e. The van der Waals surface area contributed by atoms with Crippen molar-refractivity contribution in [1.82, 2.24) is 0 Å². The zero-order valence-electron chi connectivity index (χ0n) is 11.2. The highest BCUT2D eigenvalue weighted by atomic mass is 16.5. The van der Waals surface area contributed by atoms with Crippen LogP contribution in [0, 0.1) is 13.8 Å². The van der Waals surface area contributed by atoms with Gasteiger partial charge in [-0.1, -0.05) is 18.2 Å². The van der Waals surface area contributed by atoms with E-state index in [1.54, 1.807) is 7.11 Å². The van der Waals surface area contributed by atoms with Gasteiger partial charge in [-0.3, -0.25) is 0 Å². The summed E-state index contributed by atoms with van der Waals surface area (Å²) in [5, 5.41) is 0. The van der Waals surface area contributed by atoms with Gasteiger partial charge < -0.3 is 10.5 Å². The monoisotopic (exact) mass is 241 g/mol. The van der Waals surface area contributed by atoms with E-state index in [9.17, 15) is 0 Å². The van der Waals surface area contributed by atoms with E-state index in [1.165, 1.54) is 22.3 Å². The molecule has 0 aliphatic carbocycles. The molecule has 0 spiro atoms. The third kappa shape index (κ3) is 2.65. The van der Waals surface area contributed by atoms with Crippen LogP contribution in [0.1, 0.15) is 22.3 Å². The predicted octanol–water partition coefficient (Wildman–Crippen LogP) is 3.49. The van der Waals surface area contributed by atoms with E-state index >= 15 is 0 Å². The van der Waals surface area contributed by atoms with Crippen molar-refractivity contribution in [1.29, 1.82) is 0 Å². The lowest BCUT2D eigenvalue weighted by atomic mass is 9.97. The summed E-state index contributed by atoms with van der Waals surface area (Å²) in [5.41, 5.74) is 11.5. The Balaban J connectivity index is 2.39. The van der Waals surface area contributed by atoms with E-state index in [4.69, 9.17) is 10.5 Å². The molecule has 2 aromatic carbocycles. The van der Waals surface area contributed by atoms with Crippen LogP contribution in [0.2, 0.25) is 0 Å². The Kier molecular flexibility index (Phi) is 3.56. The lowest BCUT2D eigenvalue weighted by Crippen LogP contribution is -1.98. The Labute approximate surface area is 108 Å². The van der Waals surface area contributed by atoms with Crippen LogP contribution in [0.15, 0.2) is 36.4 Å². The molecule has 2 heteroatoms. The van der Waals surface area contributed by atoms with Crippen LogP contribution < -0.4 is 10.5 Å². The molecule has 0 bridgehead atoms. The van der Waals surface area contributed by atoms with Gasteiger partial charge in [0.15, 0.2) is 0 Å². The van der Waals surface area contributed by atoms with Gasteiger partial charge in [-0.15, -0.1) is 0 Å². The number of aryl methyl sites for hydroxylation is 2. The first-order valence-electron chi connectivity index (χ1n) is 6.08. The molecule has 0 amide bonds. The van der Waals surface area contributed by atoms with Crippen LogP contribution in [0.5, 0.6) is 5.75 Å². The Hall–Kier alpha value is -1.96. The second-order valence-electron chi connectivity index (χ2n) is 4.68. The first kappa shape index (κ1) is 12.5. The first-order valence-corrected chi connectivity index (χ1v) is 6.08. The van der Waals surface area contributed by atoms with Crippen molar-refractivity contribution in [2.24, 2.45) is 0 Å². The van der Waals surface area contributed by atoms with Crippen molar-refractivity contribution in [2.45, 2.75) is 20.3 Å². The number of nitrogens with two attached hydrogens (primary N) is 1. The van der Waals surface area contributed by atoms with Gasteiger partial charge in [0.2, 0.25) is 0 Å². The fourth-order valence-corrected chi connectivity index (χ4v) is 2.27. The number of methoxy groups -OCH3 is 1. The number of rotatable bonds is 3. The minimum absolute atomic E-state index is 0.802. The number of hydrogen-bond acceptors (Lipinski definition) is 2. The molecular weight excluding hydrogens is 222 g/mol. The molecule has 2 rings (SSSR count). The van der Waals surface area contributed by atoms with Crippen molar-refractivity contribution in [3.63, 3.8) is 0 Å². The SMILES string of the molecule is COc1cc(C)cc(C)c1Cc1cccc(N)c1.